The molecule has 3 rings (SSSR count). The molecular weight excluding hydrogens is 375 g/mol. The van der Waals surface area contributed by atoms with Gasteiger partial charge in [-0.25, -0.2) is 4.79 Å². The fourth-order valence-corrected chi connectivity index (χ4v) is 3.62. The number of carbonyl (C=O) groups is 2. The zero-order valence-electron chi connectivity index (χ0n) is 15.5. The van der Waals surface area contributed by atoms with E-state index in [-0.39, 0.29) is 30.2 Å². The normalized spacial score (nSPS) is 20.2. The molecule has 1 unspecified atom stereocenters. The van der Waals surface area contributed by atoms with E-state index in [0.717, 1.165) is 32.4 Å². The Bertz CT molecular complexity index is 688. The number of nitrogens with zero attached hydrogens (tertiary/aromatic N) is 2. The Kier molecular flexibility index (Phi) is 6.31. The molecule has 2 aliphatic heterocycles. The van der Waals surface area contributed by atoms with E-state index < -0.39 is 6.36 Å². The van der Waals surface area contributed by atoms with Gasteiger partial charge in [0, 0.05) is 32.7 Å². The molecule has 1 aromatic rings. The van der Waals surface area contributed by atoms with Gasteiger partial charge in [0.15, 0.2) is 0 Å². The number of amides is 3. The Morgan fingerprint density at radius 2 is 1.68 bits per heavy atom. The predicted molar refractivity (Wildman–Crippen MR) is 95.5 cm³/mol. The molecule has 154 valence electrons. The maximum atomic E-state index is 12.5. The maximum absolute atomic E-state index is 12.5. The van der Waals surface area contributed by atoms with Gasteiger partial charge >= 0.3 is 12.4 Å². The van der Waals surface area contributed by atoms with Crippen molar-refractivity contribution >= 4 is 11.9 Å². The average Bonchev–Trinajstić information content (AvgIpc) is 3.20. The number of hydrogen-bond donors (Lipinski definition) is 1. The first-order valence-electron chi connectivity index (χ1n) is 9.48. The standard InChI is InChI=1S/C19H24F3N3O3/c20-19(21,22)28-16-7-5-14(6-8-16)12-23-17(26)15-4-3-11-25(13-15)18(27)24-9-1-2-10-24/h5-8,15H,1-4,9-13H2,(H,23,26). The lowest BCUT2D eigenvalue weighted by Crippen LogP contribution is -2.49. The van der Waals surface area contributed by atoms with Crippen molar-refractivity contribution in [1.82, 2.24) is 15.1 Å². The second-order valence-electron chi connectivity index (χ2n) is 7.17. The molecule has 2 saturated heterocycles. The van der Waals surface area contributed by atoms with Crippen molar-refractivity contribution in [1.29, 1.82) is 0 Å². The number of likely N-dealkylation sites (tertiary alicyclic amines) is 2. The summed E-state index contributed by atoms with van der Waals surface area (Å²) < 4.78 is 40.4. The topological polar surface area (TPSA) is 61.9 Å². The van der Waals surface area contributed by atoms with Crippen molar-refractivity contribution in [2.45, 2.75) is 38.6 Å². The first-order valence-corrected chi connectivity index (χ1v) is 9.48. The Labute approximate surface area is 161 Å². The fraction of sp³-hybridized carbons (Fsp3) is 0.579. The average molecular weight is 399 g/mol. The van der Waals surface area contributed by atoms with Crippen LogP contribution in [0, 0.1) is 5.92 Å². The first-order chi connectivity index (χ1) is 13.3. The van der Waals surface area contributed by atoms with Gasteiger partial charge in [-0.1, -0.05) is 12.1 Å². The third-order valence-corrected chi connectivity index (χ3v) is 5.06. The van der Waals surface area contributed by atoms with E-state index in [1.807, 2.05) is 4.90 Å². The van der Waals surface area contributed by atoms with Gasteiger partial charge in [0.05, 0.1) is 5.92 Å². The molecule has 0 spiro atoms. The zero-order chi connectivity index (χ0) is 20.1. The third kappa shape index (κ3) is 5.53. The molecule has 6 nitrogen and oxygen atoms in total. The summed E-state index contributed by atoms with van der Waals surface area (Å²) in [6.45, 7) is 2.83. The van der Waals surface area contributed by atoms with Gasteiger partial charge in [0.2, 0.25) is 5.91 Å². The molecule has 2 heterocycles. The third-order valence-electron chi connectivity index (χ3n) is 5.06. The van der Waals surface area contributed by atoms with Crippen molar-refractivity contribution in [2.24, 2.45) is 5.92 Å². The molecule has 28 heavy (non-hydrogen) atoms. The minimum Gasteiger partial charge on any atom is -0.406 e. The number of benzene rings is 1. The molecule has 0 bridgehead atoms. The molecule has 0 radical (unpaired) electrons. The number of urea groups is 1. The number of nitrogens with one attached hydrogen (secondary N) is 1. The summed E-state index contributed by atoms with van der Waals surface area (Å²) in [6.07, 6.45) is -1.18. The summed E-state index contributed by atoms with van der Waals surface area (Å²) in [7, 11) is 0. The Morgan fingerprint density at radius 3 is 2.32 bits per heavy atom. The van der Waals surface area contributed by atoms with Crippen LogP contribution < -0.4 is 10.1 Å². The largest absolute Gasteiger partial charge is 0.573 e. The van der Waals surface area contributed by atoms with E-state index in [9.17, 15) is 22.8 Å². The molecule has 1 aromatic carbocycles. The highest BCUT2D eigenvalue weighted by atomic mass is 19.4. The molecule has 2 fully saturated rings. The van der Waals surface area contributed by atoms with Crippen LogP contribution in [0.4, 0.5) is 18.0 Å². The number of rotatable bonds is 4. The van der Waals surface area contributed by atoms with Crippen LogP contribution >= 0.6 is 0 Å². The number of halogens is 3. The van der Waals surface area contributed by atoms with Gasteiger partial charge in [-0.2, -0.15) is 0 Å². The van der Waals surface area contributed by atoms with Gasteiger partial charge in [0.1, 0.15) is 5.75 Å². The second kappa shape index (κ2) is 8.70. The Morgan fingerprint density at radius 1 is 1.04 bits per heavy atom. The number of alkyl halides is 3. The van der Waals surface area contributed by atoms with Crippen molar-refractivity contribution in [2.75, 3.05) is 26.2 Å². The van der Waals surface area contributed by atoms with Crippen LogP contribution in [0.5, 0.6) is 5.75 Å². The van der Waals surface area contributed by atoms with Crippen LogP contribution in [-0.4, -0.2) is 54.3 Å². The molecule has 0 aromatic heterocycles. The zero-order valence-corrected chi connectivity index (χ0v) is 15.5. The van der Waals surface area contributed by atoms with Gasteiger partial charge in [-0.3, -0.25) is 4.79 Å². The smallest absolute Gasteiger partial charge is 0.406 e. The van der Waals surface area contributed by atoms with Gasteiger partial charge in [-0.15, -0.1) is 13.2 Å². The molecule has 1 atom stereocenters. The highest BCUT2D eigenvalue weighted by Crippen LogP contribution is 2.23. The maximum Gasteiger partial charge on any atom is 0.573 e. The summed E-state index contributed by atoms with van der Waals surface area (Å²) in [4.78, 5) is 28.6. The van der Waals surface area contributed by atoms with Crippen LogP contribution in [-0.2, 0) is 11.3 Å². The Balaban J connectivity index is 1.48. The fourth-order valence-electron chi connectivity index (χ4n) is 3.62. The minimum atomic E-state index is -4.73. The van der Waals surface area contributed by atoms with Crippen molar-refractivity contribution < 1.29 is 27.5 Å². The quantitative estimate of drug-likeness (QED) is 0.846. The molecule has 0 aliphatic carbocycles. The lowest BCUT2D eigenvalue weighted by atomic mass is 9.97. The van der Waals surface area contributed by atoms with E-state index >= 15 is 0 Å². The highest BCUT2D eigenvalue weighted by Gasteiger charge is 2.32. The summed E-state index contributed by atoms with van der Waals surface area (Å²) in [5.41, 5.74) is 0.670. The number of hydrogen-bond acceptors (Lipinski definition) is 3. The SMILES string of the molecule is O=C(NCc1ccc(OC(F)(F)F)cc1)C1CCCN(C(=O)N2CCCC2)C1. The van der Waals surface area contributed by atoms with Crippen molar-refractivity contribution in [3.05, 3.63) is 29.8 Å². The first kappa shape index (κ1) is 20.3. The number of piperidine rings is 1. The van der Waals surface area contributed by atoms with Crippen LogP contribution in [0.15, 0.2) is 24.3 Å². The van der Waals surface area contributed by atoms with E-state index in [1.165, 1.54) is 24.3 Å². The number of carbonyl (C=O) groups excluding carboxylic acids is 2. The second-order valence-corrected chi connectivity index (χ2v) is 7.17. The van der Waals surface area contributed by atoms with Gasteiger partial charge in [-0.05, 0) is 43.4 Å². The van der Waals surface area contributed by atoms with Crippen LogP contribution in [0.25, 0.3) is 0 Å². The molecule has 3 amide bonds. The van der Waals surface area contributed by atoms with Crippen molar-refractivity contribution in [3.63, 3.8) is 0 Å². The van der Waals surface area contributed by atoms with E-state index in [0.29, 0.717) is 25.1 Å². The molecular formula is C19H24F3N3O3. The van der Waals surface area contributed by atoms with Crippen LogP contribution in [0.3, 0.4) is 0 Å². The van der Waals surface area contributed by atoms with E-state index in [4.69, 9.17) is 0 Å². The van der Waals surface area contributed by atoms with Gasteiger partial charge in [0.25, 0.3) is 0 Å². The van der Waals surface area contributed by atoms with Gasteiger partial charge < -0.3 is 19.9 Å². The lowest BCUT2D eigenvalue weighted by molar-refractivity contribution is -0.274. The monoisotopic (exact) mass is 399 g/mol. The lowest BCUT2D eigenvalue weighted by Gasteiger charge is -2.34. The summed E-state index contributed by atoms with van der Waals surface area (Å²) in [6, 6.07) is 5.39. The van der Waals surface area contributed by atoms with Crippen LogP contribution in [0.1, 0.15) is 31.2 Å². The summed E-state index contributed by atoms with van der Waals surface area (Å²) >= 11 is 0. The highest BCUT2D eigenvalue weighted by molar-refractivity contribution is 5.81. The van der Waals surface area contributed by atoms with E-state index in [1.54, 1.807) is 4.90 Å². The number of ether oxygens (including phenoxy) is 1. The Hall–Kier alpha value is -2.45. The molecule has 2 aliphatic rings. The van der Waals surface area contributed by atoms with E-state index in [2.05, 4.69) is 10.1 Å². The molecule has 0 saturated carbocycles. The minimum absolute atomic E-state index is 0.00949. The summed E-state index contributed by atoms with van der Waals surface area (Å²) in [5.74, 6) is -0.714. The molecule has 9 heteroatoms. The summed E-state index contributed by atoms with van der Waals surface area (Å²) in [5, 5.41) is 2.81. The molecule has 1 N–H and O–H groups in total. The van der Waals surface area contributed by atoms with Crippen molar-refractivity contribution in [3.8, 4) is 5.75 Å². The predicted octanol–water partition coefficient (Wildman–Crippen LogP) is 3.13. The van der Waals surface area contributed by atoms with Crippen LogP contribution in [0.2, 0.25) is 0 Å².